The second-order valence-electron chi connectivity index (χ2n) is 5.58. The summed E-state index contributed by atoms with van der Waals surface area (Å²) in [6.45, 7) is 2.56. The number of carbonyl (C=O) groups is 1. The fraction of sp³-hybridized carbons (Fsp3) is 0.278. The highest BCUT2D eigenvalue weighted by Gasteiger charge is 2.17. The third kappa shape index (κ3) is 3.71. The number of nitrogens with one attached hydrogen (secondary N) is 1. The summed E-state index contributed by atoms with van der Waals surface area (Å²) in [7, 11) is 0. The molecule has 124 valence electrons. The van der Waals surface area contributed by atoms with Gasteiger partial charge in [0, 0.05) is 25.1 Å². The number of hydrogen-bond acceptors (Lipinski definition) is 3. The van der Waals surface area contributed by atoms with E-state index < -0.39 is 0 Å². The Morgan fingerprint density at radius 3 is 2.75 bits per heavy atom. The maximum Gasteiger partial charge on any atom is 0.244 e. The molecule has 6 nitrogen and oxygen atoms in total. The third-order valence-corrected chi connectivity index (χ3v) is 3.90. The van der Waals surface area contributed by atoms with E-state index in [1.807, 2.05) is 66.6 Å². The molecule has 0 spiro atoms. The van der Waals surface area contributed by atoms with Gasteiger partial charge in [-0.25, -0.2) is 4.68 Å². The molecular weight excluding hydrogens is 302 g/mol. The fourth-order valence-electron chi connectivity index (χ4n) is 2.62. The van der Waals surface area contributed by atoms with Gasteiger partial charge in [0.25, 0.3) is 0 Å². The van der Waals surface area contributed by atoms with E-state index in [4.69, 9.17) is 0 Å². The summed E-state index contributed by atoms with van der Waals surface area (Å²) < 4.78 is 3.54. The van der Waals surface area contributed by atoms with E-state index in [2.05, 4.69) is 15.5 Å². The molecule has 1 aromatic carbocycles. The van der Waals surface area contributed by atoms with E-state index in [9.17, 15) is 4.79 Å². The van der Waals surface area contributed by atoms with E-state index in [0.717, 1.165) is 17.7 Å². The highest BCUT2D eigenvalue weighted by molar-refractivity contribution is 5.80. The summed E-state index contributed by atoms with van der Waals surface area (Å²) in [5.74, 6) is -0.00310. The van der Waals surface area contributed by atoms with Crippen LogP contribution in [-0.4, -0.2) is 32.0 Å². The summed E-state index contributed by atoms with van der Waals surface area (Å²) in [4.78, 5) is 12.3. The predicted molar refractivity (Wildman–Crippen MR) is 91.8 cm³/mol. The highest BCUT2D eigenvalue weighted by atomic mass is 16.2. The van der Waals surface area contributed by atoms with Crippen molar-refractivity contribution < 1.29 is 4.79 Å². The molecule has 1 unspecified atom stereocenters. The van der Waals surface area contributed by atoms with Crippen LogP contribution in [0, 0.1) is 0 Å². The zero-order chi connectivity index (χ0) is 16.8. The lowest BCUT2D eigenvalue weighted by molar-refractivity contribution is -0.124. The quantitative estimate of drug-likeness (QED) is 0.726. The Morgan fingerprint density at radius 2 is 2.04 bits per heavy atom. The van der Waals surface area contributed by atoms with Crippen molar-refractivity contribution >= 4 is 5.91 Å². The van der Waals surface area contributed by atoms with E-state index in [1.54, 1.807) is 10.9 Å². The number of rotatable bonds is 7. The maximum absolute atomic E-state index is 12.3. The van der Waals surface area contributed by atoms with Gasteiger partial charge in [-0.15, -0.1) is 0 Å². The lowest BCUT2D eigenvalue weighted by Gasteiger charge is -2.15. The van der Waals surface area contributed by atoms with Crippen molar-refractivity contribution in [3.05, 3.63) is 66.7 Å². The second kappa shape index (κ2) is 7.59. The molecule has 0 aliphatic rings. The Kier molecular flexibility index (Phi) is 5.05. The predicted octanol–water partition coefficient (Wildman–Crippen LogP) is 2.38. The molecule has 0 aliphatic carbocycles. The molecule has 24 heavy (non-hydrogen) atoms. The normalized spacial score (nSPS) is 12.0. The summed E-state index contributed by atoms with van der Waals surface area (Å²) in [5.41, 5.74) is 2.11. The molecule has 2 aromatic heterocycles. The van der Waals surface area contributed by atoms with Gasteiger partial charge in [-0.1, -0.05) is 25.1 Å². The topological polar surface area (TPSA) is 64.7 Å². The van der Waals surface area contributed by atoms with Gasteiger partial charge in [-0.2, -0.15) is 10.2 Å². The van der Waals surface area contributed by atoms with Crippen LogP contribution in [0.25, 0.3) is 5.69 Å². The first-order chi connectivity index (χ1) is 11.8. The van der Waals surface area contributed by atoms with E-state index in [1.165, 1.54) is 0 Å². The first kappa shape index (κ1) is 16.0. The van der Waals surface area contributed by atoms with Crippen LogP contribution >= 0.6 is 0 Å². The van der Waals surface area contributed by atoms with Crippen LogP contribution < -0.4 is 5.32 Å². The van der Waals surface area contributed by atoms with Crippen molar-refractivity contribution in [2.75, 3.05) is 6.54 Å². The first-order valence-electron chi connectivity index (χ1n) is 8.13. The number of hydrogen-bond donors (Lipinski definition) is 1. The molecule has 0 aliphatic heterocycles. The smallest absolute Gasteiger partial charge is 0.244 e. The van der Waals surface area contributed by atoms with Gasteiger partial charge in [-0.3, -0.25) is 9.48 Å². The summed E-state index contributed by atoms with van der Waals surface area (Å²) in [5, 5.41) is 11.5. The number of carbonyl (C=O) groups excluding carboxylic acids is 1. The Balaban J connectivity index is 1.53. The van der Waals surface area contributed by atoms with Crippen LogP contribution in [0.5, 0.6) is 0 Å². The first-order valence-corrected chi connectivity index (χ1v) is 8.13. The summed E-state index contributed by atoms with van der Waals surface area (Å²) in [6, 6.07) is 11.5. The van der Waals surface area contributed by atoms with Crippen LogP contribution in [0.2, 0.25) is 0 Å². The molecule has 6 heteroatoms. The van der Waals surface area contributed by atoms with Crippen LogP contribution in [0.1, 0.15) is 24.9 Å². The largest absolute Gasteiger partial charge is 0.354 e. The van der Waals surface area contributed by atoms with Crippen LogP contribution in [-0.2, 0) is 11.2 Å². The highest BCUT2D eigenvalue weighted by Crippen LogP contribution is 2.10. The number of amides is 1. The average molecular weight is 323 g/mol. The molecule has 2 heterocycles. The van der Waals surface area contributed by atoms with Gasteiger partial charge < -0.3 is 5.32 Å². The Labute approximate surface area is 141 Å². The molecule has 0 saturated heterocycles. The van der Waals surface area contributed by atoms with Gasteiger partial charge >= 0.3 is 0 Å². The minimum Gasteiger partial charge on any atom is -0.354 e. The lowest BCUT2D eigenvalue weighted by atomic mass is 10.2. The molecule has 3 aromatic rings. The lowest BCUT2D eigenvalue weighted by Crippen LogP contribution is -2.33. The monoisotopic (exact) mass is 323 g/mol. The van der Waals surface area contributed by atoms with Crippen molar-refractivity contribution in [3.63, 3.8) is 0 Å². The second-order valence-corrected chi connectivity index (χ2v) is 5.58. The molecule has 3 rings (SSSR count). The summed E-state index contributed by atoms with van der Waals surface area (Å²) >= 11 is 0. The number of para-hydroxylation sites is 1. The van der Waals surface area contributed by atoms with Crippen molar-refractivity contribution in [2.45, 2.75) is 25.8 Å². The Hall–Kier alpha value is -2.89. The van der Waals surface area contributed by atoms with Crippen LogP contribution in [0.15, 0.2) is 61.2 Å². The molecule has 1 atom stereocenters. The number of nitrogens with zero attached hydrogens (tertiary/aromatic N) is 4. The molecule has 1 amide bonds. The van der Waals surface area contributed by atoms with Crippen molar-refractivity contribution in [1.82, 2.24) is 24.9 Å². The van der Waals surface area contributed by atoms with Gasteiger partial charge in [0.15, 0.2) is 0 Å². The molecule has 0 saturated carbocycles. The van der Waals surface area contributed by atoms with Crippen LogP contribution in [0.3, 0.4) is 0 Å². The van der Waals surface area contributed by atoms with Crippen molar-refractivity contribution in [2.24, 2.45) is 0 Å². The average Bonchev–Trinajstić information content (AvgIpc) is 3.28. The molecule has 1 N–H and O–H groups in total. The van der Waals surface area contributed by atoms with Crippen molar-refractivity contribution in [3.8, 4) is 5.69 Å². The Morgan fingerprint density at radius 1 is 1.21 bits per heavy atom. The molecule has 0 bridgehead atoms. The molecule has 0 radical (unpaired) electrons. The van der Waals surface area contributed by atoms with Gasteiger partial charge in [-0.05, 0) is 36.6 Å². The van der Waals surface area contributed by atoms with Crippen LogP contribution in [0.4, 0.5) is 0 Å². The minimum absolute atomic E-state index is 0.00310. The van der Waals surface area contributed by atoms with Gasteiger partial charge in [0.05, 0.1) is 11.9 Å². The van der Waals surface area contributed by atoms with Crippen molar-refractivity contribution in [1.29, 1.82) is 0 Å². The molecular formula is C18H21N5O. The van der Waals surface area contributed by atoms with Gasteiger partial charge in [0.1, 0.15) is 6.04 Å². The standard InChI is InChI=1S/C18H21N5O/c1-2-17(22-12-6-10-20-22)18(24)19-11-9-15-13-21-23(14-15)16-7-4-3-5-8-16/h3-8,10,12-14,17H,2,9,11H2,1H3,(H,19,24). The zero-order valence-electron chi connectivity index (χ0n) is 13.7. The van der Waals surface area contributed by atoms with E-state index >= 15 is 0 Å². The zero-order valence-corrected chi connectivity index (χ0v) is 13.7. The van der Waals surface area contributed by atoms with E-state index in [-0.39, 0.29) is 11.9 Å². The maximum atomic E-state index is 12.3. The Bertz CT molecular complexity index is 764. The summed E-state index contributed by atoms with van der Waals surface area (Å²) in [6.07, 6.45) is 8.79. The van der Waals surface area contributed by atoms with E-state index in [0.29, 0.717) is 13.0 Å². The SMILES string of the molecule is CCC(C(=O)NCCc1cnn(-c2ccccc2)c1)n1cccn1. The fourth-order valence-corrected chi connectivity index (χ4v) is 2.62. The third-order valence-electron chi connectivity index (χ3n) is 3.90. The number of benzene rings is 1. The minimum atomic E-state index is -0.257. The van der Waals surface area contributed by atoms with Gasteiger partial charge in [0.2, 0.25) is 5.91 Å². The number of aromatic nitrogens is 4. The molecule has 0 fully saturated rings.